The standard InChI is InChI=1S/C19H23BrO3/c1-4-17(2)14-11-13(20)5-6-15(14)23-16-7-8-19(12-18(16,17)3)21-9-10-22-19/h4-6,11,16H,1,7-10,12H2,2-3H3. The summed E-state index contributed by atoms with van der Waals surface area (Å²) in [4.78, 5) is 0. The predicted molar refractivity (Wildman–Crippen MR) is 92.7 cm³/mol. The molecule has 2 fully saturated rings. The van der Waals surface area contributed by atoms with Crippen LogP contribution < -0.4 is 4.74 Å². The molecule has 1 saturated carbocycles. The molecule has 3 atom stereocenters. The van der Waals surface area contributed by atoms with E-state index >= 15 is 0 Å². The minimum absolute atomic E-state index is 0.120. The monoisotopic (exact) mass is 378 g/mol. The number of hydrogen-bond donors (Lipinski definition) is 0. The lowest BCUT2D eigenvalue weighted by atomic mass is 9.52. The molecule has 2 aliphatic heterocycles. The lowest BCUT2D eigenvalue weighted by Gasteiger charge is -2.58. The van der Waals surface area contributed by atoms with Crippen molar-refractivity contribution in [2.45, 2.75) is 50.4 Å². The Hall–Kier alpha value is -0.840. The average molecular weight is 379 g/mol. The van der Waals surface area contributed by atoms with Crippen LogP contribution in [0, 0.1) is 5.41 Å². The maximum absolute atomic E-state index is 6.41. The van der Waals surface area contributed by atoms with Gasteiger partial charge in [0.2, 0.25) is 0 Å². The van der Waals surface area contributed by atoms with E-state index in [0.29, 0.717) is 13.2 Å². The minimum atomic E-state index is -0.442. The van der Waals surface area contributed by atoms with Crippen LogP contribution >= 0.6 is 15.9 Å². The maximum Gasteiger partial charge on any atom is 0.169 e. The van der Waals surface area contributed by atoms with E-state index < -0.39 is 5.79 Å². The first-order chi connectivity index (χ1) is 10.9. The number of rotatable bonds is 1. The van der Waals surface area contributed by atoms with E-state index in [0.717, 1.165) is 29.5 Å². The molecule has 1 saturated heterocycles. The first kappa shape index (κ1) is 15.7. The molecule has 0 radical (unpaired) electrons. The second-order valence-corrected chi connectivity index (χ2v) is 8.31. The summed E-state index contributed by atoms with van der Waals surface area (Å²) in [6, 6.07) is 6.27. The molecule has 1 aromatic rings. The van der Waals surface area contributed by atoms with Crippen molar-refractivity contribution < 1.29 is 14.2 Å². The fraction of sp³-hybridized carbons (Fsp3) is 0.579. The van der Waals surface area contributed by atoms with Gasteiger partial charge in [0.1, 0.15) is 11.9 Å². The largest absolute Gasteiger partial charge is 0.489 e. The van der Waals surface area contributed by atoms with Crippen LogP contribution in [-0.2, 0) is 14.9 Å². The number of fused-ring (bicyclic) bond motifs is 2. The van der Waals surface area contributed by atoms with Crippen LogP contribution in [0.15, 0.2) is 35.3 Å². The van der Waals surface area contributed by atoms with Gasteiger partial charge in [-0.05, 0) is 24.6 Å². The summed E-state index contributed by atoms with van der Waals surface area (Å²) >= 11 is 3.60. The zero-order chi connectivity index (χ0) is 16.3. The van der Waals surface area contributed by atoms with Gasteiger partial charge in [-0.2, -0.15) is 0 Å². The average Bonchev–Trinajstić information content (AvgIpc) is 2.98. The molecular formula is C19H23BrO3. The number of halogens is 1. The number of benzene rings is 1. The van der Waals surface area contributed by atoms with Crippen molar-refractivity contribution in [1.82, 2.24) is 0 Å². The first-order valence-corrected chi connectivity index (χ1v) is 9.10. The van der Waals surface area contributed by atoms with Gasteiger partial charge in [0.15, 0.2) is 5.79 Å². The minimum Gasteiger partial charge on any atom is -0.489 e. The second kappa shape index (κ2) is 5.08. The Bertz CT molecular complexity index is 652. The Balaban J connectivity index is 1.84. The van der Waals surface area contributed by atoms with E-state index in [9.17, 15) is 0 Å². The number of allylic oxidation sites excluding steroid dienone is 1. The van der Waals surface area contributed by atoms with Gasteiger partial charge in [0.05, 0.1) is 13.2 Å². The Morgan fingerprint density at radius 3 is 2.70 bits per heavy atom. The molecule has 3 aliphatic rings. The van der Waals surface area contributed by atoms with Gasteiger partial charge in [-0.25, -0.2) is 0 Å². The third-order valence-electron chi connectivity index (χ3n) is 6.31. The van der Waals surface area contributed by atoms with Crippen LogP contribution in [-0.4, -0.2) is 25.1 Å². The normalized spacial score (nSPS) is 37.8. The first-order valence-electron chi connectivity index (χ1n) is 8.31. The van der Waals surface area contributed by atoms with Crippen LogP contribution in [0.3, 0.4) is 0 Å². The summed E-state index contributed by atoms with van der Waals surface area (Å²) < 4.78 is 19.5. The third-order valence-corrected chi connectivity index (χ3v) is 6.81. The van der Waals surface area contributed by atoms with Gasteiger partial charge in [-0.15, -0.1) is 6.58 Å². The number of hydrogen-bond acceptors (Lipinski definition) is 3. The van der Waals surface area contributed by atoms with E-state index in [1.54, 1.807) is 0 Å². The summed E-state index contributed by atoms with van der Waals surface area (Å²) in [6.45, 7) is 10.1. The van der Waals surface area contributed by atoms with Crippen LogP contribution in [0.25, 0.3) is 0 Å². The molecule has 0 amide bonds. The quantitative estimate of drug-likeness (QED) is 0.669. The van der Waals surface area contributed by atoms with Crippen molar-refractivity contribution >= 4 is 15.9 Å². The Kier molecular flexibility index (Phi) is 3.46. The van der Waals surface area contributed by atoms with Gasteiger partial charge < -0.3 is 14.2 Å². The molecule has 23 heavy (non-hydrogen) atoms. The van der Waals surface area contributed by atoms with Crippen LogP contribution in [0.2, 0.25) is 0 Å². The fourth-order valence-corrected chi connectivity index (χ4v) is 5.06. The smallest absolute Gasteiger partial charge is 0.169 e. The molecule has 4 rings (SSSR count). The molecule has 0 bridgehead atoms. The Labute approximate surface area is 146 Å². The number of ether oxygens (including phenoxy) is 3. The van der Waals surface area contributed by atoms with Crippen LogP contribution in [0.4, 0.5) is 0 Å². The molecule has 0 aromatic heterocycles. The summed E-state index contributed by atoms with van der Waals surface area (Å²) in [5.74, 6) is 0.532. The van der Waals surface area contributed by atoms with Crippen molar-refractivity contribution in [2.75, 3.05) is 13.2 Å². The van der Waals surface area contributed by atoms with E-state index in [1.807, 2.05) is 6.07 Å². The van der Waals surface area contributed by atoms with Gasteiger partial charge in [-0.1, -0.05) is 35.9 Å². The lowest BCUT2D eigenvalue weighted by molar-refractivity contribution is -0.229. The van der Waals surface area contributed by atoms with Crippen molar-refractivity contribution in [3.63, 3.8) is 0 Å². The van der Waals surface area contributed by atoms with E-state index in [4.69, 9.17) is 14.2 Å². The summed E-state index contributed by atoms with van der Waals surface area (Å²) in [7, 11) is 0. The highest BCUT2D eigenvalue weighted by atomic mass is 79.9. The Morgan fingerprint density at radius 1 is 1.26 bits per heavy atom. The van der Waals surface area contributed by atoms with E-state index in [1.165, 1.54) is 5.56 Å². The summed E-state index contributed by atoms with van der Waals surface area (Å²) in [5.41, 5.74) is 0.874. The second-order valence-electron chi connectivity index (χ2n) is 7.39. The van der Waals surface area contributed by atoms with E-state index in [-0.39, 0.29) is 16.9 Å². The SMILES string of the molecule is C=CC1(C)c2cc(Br)ccc2OC2CCC3(CC21C)OCCO3. The van der Waals surface area contributed by atoms with Crippen molar-refractivity contribution in [2.24, 2.45) is 5.41 Å². The molecule has 1 aromatic carbocycles. The molecule has 1 aliphatic carbocycles. The van der Waals surface area contributed by atoms with Crippen molar-refractivity contribution in [1.29, 1.82) is 0 Å². The molecule has 3 unspecified atom stereocenters. The van der Waals surface area contributed by atoms with Gasteiger partial charge in [0.25, 0.3) is 0 Å². The van der Waals surface area contributed by atoms with Crippen LogP contribution in [0.5, 0.6) is 5.75 Å². The van der Waals surface area contributed by atoms with Crippen molar-refractivity contribution in [3.8, 4) is 5.75 Å². The highest BCUT2D eigenvalue weighted by Gasteiger charge is 2.61. The zero-order valence-electron chi connectivity index (χ0n) is 13.7. The topological polar surface area (TPSA) is 27.7 Å². The molecule has 124 valence electrons. The van der Waals surface area contributed by atoms with Crippen molar-refractivity contribution in [3.05, 3.63) is 40.9 Å². The Morgan fingerprint density at radius 2 is 2.00 bits per heavy atom. The van der Waals surface area contributed by atoms with Gasteiger partial charge in [0, 0.05) is 33.7 Å². The molecule has 1 spiro atoms. The predicted octanol–water partition coefficient (Wildman–Crippen LogP) is 4.59. The van der Waals surface area contributed by atoms with Gasteiger partial charge >= 0.3 is 0 Å². The van der Waals surface area contributed by atoms with Crippen LogP contribution in [0.1, 0.15) is 38.7 Å². The highest BCUT2D eigenvalue weighted by molar-refractivity contribution is 9.10. The molecular weight excluding hydrogens is 356 g/mol. The third kappa shape index (κ3) is 2.08. The molecule has 2 heterocycles. The fourth-order valence-electron chi connectivity index (χ4n) is 4.70. The molecule has 3 nitrogen and oxygen atoms in total. The van der Waals surface area contributed by atoms with E-state index in [2.05, 4.69) is 54.6 Å². The lowest BCUT2D eigenvalue weighted by Crippen LogP contribution is -2.60. The summed E-state index contributed by atoms with van der Waals surface area (Å²) in [6.07, 6.45) is 4.90. The van der Waals surface area contributed by atoms with Gasteiger partial charge in [-0.3, -0.25) is 0 Å². The summed E-state index contributed by atoms with van der Waals surface area (Å²) in [5, 5.41) is 0. The maximum atomic E-state index is 6.41. The zero-order valence-corrected chi connectivity index (χ0v) is 15.3. The molecule has 0 N–H and O–H groups in total. The molecule has 4 heteroatoms. The highest BCUT2D eigenvalue weighted by Crippen LogP contribution is 2.61.